The van der Waals surface area contributed by atoms with Crippen LogP contribution in [0.5, 0.6) is 0 Å². The van der Waals surface area contributed by atoms with E-state index in [9.17, 15) is 10.1 Å². The normalized spacial score (nSPS) is 10.4. The van der Waals surface area contributed by atoms with Crippen molar-refractivity contribution in [3.05, 3.63) is 45.7 Å². The molecule has 1 heterocycles. The van der Waals surface area contributed by atoms with E-state index in [1.165, 1.54) is 6.33 Å². The molecule has 23 heavy (non-hydrogen) atoms. The number of aromatic nitrogens is 2. The molecule has 2 aromatic rings. The maximum absolute atomic E-state index is 11.5. The molecule has 0 fully saturated rings. The lowest BCUT2D eigenvalue weighted by Gasteiger charge is -2.18. The molecule has 1 aromatic heterocycles. The molecular formula is C15H18ClN5O2. The second kappa shape index (κ2) is 7.73. The first-order valence-electron chi connectivity index (χ1n) is 7.26. The zero-order chi connectivity index (χ0) is 16.8. The van der Waals surface area contributed by atoms with Crippen LogP contribution in [0.4, 0.5) is 23.0 Å². The predicted molar refractivity (Wildman–Crippen MR) is 91.6 cm³/mol. The average Bonchev–Trinajstić information content (AvgIpc) is 2.54. The van der Waals surface area contributed by atoms with Gasteiger partial charge in [0.05, 0.1) is 4.92 Å². The predicted octanol–water partition coefficient (Wildman–Crippen LogP) is 4.02. The van der Waals surface area contributed by atoms with E-state index in [0.29, 0.717) is 23.1 Å². The van der Waals surface area contributed by atoms with Crippen molar-refractivity contribution in [1.82, 2.24) is 9.97 Å². The van der Waals surface area contributed by atoms with Gasteiger partial charge in [0.2, 0.25) is 11.6 Å². The highest BCUT2D eigenvalue weighted by atomic mass is 35.5. The molecule has 122 valence electrons. The number of hydrogen-bond acceptors (Lipinski definition) is 6. The standard InChI is InChI=1S/C15H18ClN5O2/c1-3-4-9-20(2)15-13(21(22)23)14(17-10-18-15)19-12-7-5-11(16)6-8-12/h5-8,10H,3-4,9H2,1-2H3,(H,17,18,19). The van der Waals surface area contributed by atoms with Crippen LogP contribution in [0.25, 0.3) is 0 Å². The number of rotatable bonds is 7. The lowest BCUT2D eigenvalue weighted by molar-refractivity contribution is -0.383. The van der Waals surface area contributed by atoms with E-state index < -0.39 is 4.92 Å². The van der Waals surface area contributed by atoms with Crippen molar-refractivity contribution < 1.29 is 4.92 Å². The summed E-state index contributed by atoms with van der Waals surface area (Å²) in [7, 11) is 1.79. The molecule has 0 aliphatic heterocycles. The second-order valence-corrected chi connectivity index (χ2v) is 5.50. The number of benzene rings is 1. The third kappa shape index (κ3) is 4.29. The topological polar surface area (TPSA) is 84.2 Å². The summed E-state index contributed by atoms with van der Waals surface area (Å²) in [6.07, 6.45) is 3.25. The van der Waals surface area contributed by atoms with Gasteiger partial charge in [-0.1, -0.05) is 24.9 Å². The third-order valence-corrected chi connectivity index (χ3v) is 3.55. The van der Waals surface area contributed by atoms with Crippen molar-refractivity contribution in [3.63, 3.8) is 0 Å². The van der Waals surface area contributed by atoms with E-state index in [1.54, 1.807) is 36.2 Å². The van der Waals surface area contributed by atoms with Gasteiger partial charge in [0, 0.05) is 24.3 Å². The van der Waals surface area contributed by atoms with Crippen molar-refractivity contribution in [2.75, 3.05) is 23.8 Å². The van der Waals surface area contributed by atoms with Crippen LogP contribution in [0.2, 0.25) is 5.02 Å². The quantitative estimate of drug-likeness (QED) is 0.607. The summed E-state index contributed by atoms with van der Waals surface area (Å²) in [6.45, 7) is 2.75. The number of anilines is 3. The first-order valence-corrected chi connectivity index (χ1v) is 7.63. The molecule has 1 aromatic carbocycles. The molecule has 0 atom stereocenters. The highest BCUT2D eigenvalue weighted by Crippen LogP contribution is 2.33. The fraction of sp³-hybridized carbons (Fsp3) is 0.333. The van der Waals surface area contributed by atoms with Gasteiger partial charge >= 0.3 is 5.69 Å². The summed E-state index contributed by atoms with van der Waals surface area (Å²) < 4.78 is 0. The van der Waals surface area contributed by atoms with Gasteiger partial charge in [-0.25, -0.2) is 9.97 Å². The van der Waals surface area contributed by atoms with Crippen LogP contribution >= 0.6 is 11.6 Å². The monoisotopic (exact) mass is 335 g/mol. The number of nitrogens with zero attached hydrogens (tertiary/aromatic N) is 4. The SMILES string of the molecule is CCCCN(C)c1ncnc(Nc2ccc(Cl)cc2)c1[N+](=O)[O-]. The Kier molecular flexibility index (Phi) is 5.70. The van der Waals surface area contributed by atoms with Gasteiger partial charge in [0.25, 0.3) is 0 Å². The lowest BCUT2D eigenvalue weighted by Crippen LogP contribution is -2.21. The van der Waals surface area contributed by atoms with Crippen molar-refractivity contribution in [3.8, 4) is 0 Å². The molecule has 2 rings (SSSR count). The number of nitro groups is 1. The Bertz CT molecular complexity index is 678. The molecule has 0 aliphatic carbocycles. The fourth-order valence-corrected chi connectivity index (χ4v) is 2.21. The maximum Gasteiger partial charge on any atom is 0.353 e. The van der Waals surface area contributed by atoms with Crippen molar-refractivity contribution in [2.24, 2.45) is 0 Å². The minimum Gasteiger partial charge on any atom is -0.354 e. The summed E-state index contributed by atoms with van der Waals surface area (Å²) in [5, 5.41) is 15.0. The van der Waals surface area contributed by atoms with E-state index >= 15 is 0 Å². The minimum atomic E-state index is -0.462. The molecule has 0 radical (unpaired) electrons. The molecule has 0 bridgehead atoms. The summed E-state index contributed by atoms with van der Waals surface area (Å²) in [5.74, 6) is 0.459. The zero-order valence-corrected chi connectivity index (χ0v) is 13.7. The van der Waals surface area contributed by atoms with Gasteiger partial charge in [-0.2, -0.15) is 0 Å². The van der Waals surface area contributed by atoms with Crippen LogP contribution < -0.4 is 10.2 Å². The maximum atomic E-state index is 11.5. The van der Waals surface area contributed by atoms with E-state index in [-0.39, 0.29) is 11.5 Å². The highest BCUT2D eigenvalue weighted by molar-refractivity contribution is 6.30. The van der Waals surface area contributed by atoms with Crippen molar-refractivity contribution >= 4 is 34.6 Å². The van der Waals surface area contributed by atoms with Gasteiger partial charge in [0.15, 0.2) is 0 Å². The number of hydrogen-bond donors (Lipinski definition) is 1. The van der Waals surface area contributed by atoms with Crippen LogP contribution in [-0.2, 0) is 0 Å². The lowest BCUT2D eigenvalue weighted by atomic mass is 10.3. The summed E-state index contributed by atoms with van der Waals surface area (Å²) in [6, 6.07) is 6.86. The molecule has 0 spiro atoms. The van der Waals surface area contributed by atoms with Crippen LogP contribution in [-0.4, -0.2) is 28.5 Å². The number of unbranched alkanes of at least 4 members (excludes halogenated alkanes) is 1. The summed E-state index contributed by atoms with van der Waals surface area (Å²) in [5.41, 5.74) is 0.527. The Morgan fingerprint density at radius 2 is 2.00 bits per heavy atom. The summed E-state index contributed by atoms with van der Waals surface area (Å²) >= 11 is 5.84. The second-order valence-electron chi connectivity index (χ2n) is 5.06. The smallest absolute Gasteiger partial charge is 0.353 e. The van der Waals surface area contributed by atoms with Gasteiger partial charge < -0.3 is 10.2 Å². The van der Waals surface area contributed by atoms with Crippen molar-refractivity contribution in [1.29, 1.82) is 0 Å². The van der Waals surface area contributed by atoms with E-state index in [2.05, 4.69) is 22.2 Å². The molecule has 0 amide bonds. The van der Waals surface area contributed by atoms with Crippen LogP contribution in [0.3, 0.4) is 0 Å². The Hall–Kier alpha value is -2.41. The average molecular weight is 336 g/mol. The summed E-state index contributed by atoms with van der Waals surface area (Å²) in [4.78, 5) is 20.9. The third-order valence-electron chi connectivity index (χ3n) is 3.30. The Morgan fingerprint density at radius 3 is 2.61 bits per heavy atom. The molecule has 8 heteroatoms. The van der Waals surface area contributed by atoms with Crippen LogP contribution in [0.1, 0.15) is 19.8 Å². The number of nitrogens with one attached hydrogen (secondary N) is 1. The van der Waals surface area contributed by atoms with Gasteiger partial charge in [-0.15, -0.1) is 0 Å². The number of halogens is 1. The molecule has 1 N–H and O–H groups in total. The van der Waals surface area contributed by atoms with E-state index in [1.807, 2.05) is 0 Å². The van der Waals surface area contributed by atoms with Gasteiger partial charge in [0.1, 0.15) is 6.33 Å². The molecular weight excluding hydrogens is 318 g/mol. The minimum absolute atomic E-state index is 0.138. The Labute approximate surface area is 139 Å². The Balaban J connectivity index is 2.35. The van der Waals surface area contributed by atoms with Gasteiger partial charge in [-0.05, 0) is 30.7 Å². The largest absolute Gasteiger partial charge is 0.354 e. The Morgan fingerprint density at radius 1 is 1.30 bits per heavy atom. The zero-order valence-electron chi connectivity index (χ0n) is 13.0. The molecule has 0 saturated carbocycles. The van der Waals surface area contributed by atoms with E-state index in [4.69, 9.17) is 11.6 Å². The first-order chi connectivity index (χ1) is 11.0. The van der Waals surface area contributed by atoms with E-state index in [0.717, 1.165) is 12.8 Å². The molecule has 0 unspecified atom stereocenters. The van der Waals surface area contributed by atoms with Crippen molar-refractivity contribution in [2.45, 2.75) is 19.8 Å². The molecule has 7 nitrogen and oxygen atoms in total. The fourth-order valence-electron chi connectivity index (χ4n) is 2.08. The first kappa shape index (κ1) is 17.0. The highest BCUT2D eigenvalue weighted by Gasteiger charge is 2.25. The van der Waals surface area contributed by atoms with Gasteiger partial charge in [-0.3, -0.25) is 10.1 Å². The molecule has 0 aliphatic rings. The van der Waals surface area contributed by atoms with Crippen LogP contribution in [0.15, 0.2) is 30.6 Å². The molecule has 0 saturated heterocycles. The van der Waals surface area contributed by atoms with Crippen LogP contribution in [0, 0.1) is 10.1 Å².